The van der Waals surface area contributed by atoms with Gasteiger partial charge in [-0.15, -0.1) is 0 Å². The van der Waals surface area contributed by atoms with E-state index in [2.05, 4.69) is 22.5 Å². The lowest BCUT2D eigenvalue weighted by atomic mass is 9.94. The van der Waals surface area contributed by atoms with Gasteiger partial charge < -0.3 is 4.90 Å². The second kappa shape index (κ2) is 6.13. The standard InChI is InChI=1S/C19H14BrF2N/c1-12-8-9-15(13-6-4-3-5-7-13)19(23(12)2)18-16(21)10-14(20)11-17(18)22/h3-11H,1H2,2H3. The molecule has 0 unspecified atom stereocenters. The van der Waals surface area contributed by atoms with E-state index in [0.29, 0.717) is 15.9 Å². The molecule has 3 rings (SSSR count). The van der Waals surface area contributed by atoms with Crippen molar-refractivity contribution in [3.05, 3.63) is 94.1 Å². The number of hydrogen-bond acceptors (Lipinski definition) is 1. The molecule has 2 aromatic rings. The first-order valence-corrected chi connectivity index (χ1v) is 7.83. The van der Waals surface area contributed by atoms with E-state index in [0.717, 1.165) is 11.1 Å². The molecule has 2 aromatic carbocycles. The third-order valence-corrected chi connectivity index (χ3v) is 4.25. The molecule has 4 heteroatoms. The van der Waals surface area contributed by atoms with Crippen molar-refractivity contribution in [3.8, 4) is 0 Å². The fourth-order valence-corrected chi connectivity index (χ4v) is 3.02. The molecule has 23 heavy (non-hydrogen) atoms. The van der Waals surface area contributed by atoms with Crippen LogP contribution in [0.4, 0.5) is 8.78 Å². The smallest absolute Gasteiger partial charge is 0.136 e. The average molecular weight is 374 g/mol. The van der Waals surface area contributed by atoms with Gasteiger partial charge >= 0.3 is 0 Å². The summed E-state index contributed by atoms with van der Waals surface area (Å²) in [5, 5.41) is 0. The van der Waals surface area contributed by atoms with E-state index >= 15 is 0 Å². The Hall–Kier alpha value is -2.20. The van der Waals surface area contributed by atoms with E-state index in [9.17, 15) is 8.78 Å². The Balaban J connectivity index is 2.32. The van der Waals surface area contributed by atoms with Gasteiger partial charge in [0.15, 0.2) is 0 Å². The van der Waals surface area contributed by atoms with Crippen LogP contribution in [0.3, 0.4) is 0 Å². The van der Waals surface area contributed by atoms with Gasteiger partial charge in [0.1, 0.15) is 11.6 Å². The van der Waals surface area contributed by atoms with E-state index in [1.807, 2.05) is 42.5 Å². The number of likely N-dealkylation sites (N-methyl/N-ethyl adjacent to an activating group) is 1. The highest BCUT2D eigenvalue weighted by Gasteiger charge is 2.25. The maximum absolute atomic E-state index is 14.5. The minimum Gasteiger partial charge on any atom is -0.344 e. The third kappa shape index (κ3) is 2.86. The summed E-state index contributed by atoms with van der Waals surface area (Å²) >= 11 is 3.12. The normalized spacial score (nSPS) is 14.6. The molecule has 0 saturated carbocycles. The highest BCUT2D eigenvalue weighted by atomic mass is 79.9. The van der Waals surface area contributed by atoms with Gasteiger partial charge in [-0.1, -0.05) is 58.9 Å². The summed E-state index contributed by atoms with van der Waals surface area (Å²) in [5.74, 6) is -1.23. The van der Waals surface area contributed by atoms with Crippen molar-refractivity contribution in [2.45, 2.75) is 0 Å². The molecule has 0 aliphatic carbocycles. The molecule has 1 nitrogen and oxygen atoms in total. The van der Waals surface area contributed by atoms with Gasteiger partial charge in [0.2, 0.25) is 0 Å². The van der Waals surface area contributed by atoms with Crippen molar-refractivity contribution >= 4 is 27.2 Å². The lowest BCUT2D eigenvalue weighted by molar-refractivity contribution is 0.550. The molecular formula is C19H14BrF2N. The lowest BCUT2D eigenvalue weighted by Gasteiger charge is -2.30. The van der Waals surface area contributed by atoms with Crippen molar-refractivity contribution in [1.82, 2.24) is 4.90 Å². The molecular weight excluding hydrogens is 360 g/mol. The van der Waals surface area contributed by atoms with Gasteiger partial charge in [-0.3, -0.25) is 0 Å². The molecule has 0 amide bonds. The van der Waals surface area contributed by atoms with Crippen molar-refractivity contribution in [1.29, 1.82) is 0 Å². The molecule has 0 saturated heterocycles. The fourth-order valence-electron chi connectivity index (χ4n) is 2.62. The highest BCUT2D eigenvalue weighted by Crippen LogP contribution is 2.38. The molecule has 0 N–H and O–H groups in total. The maximum atomic E-state index is 14.5. The summed E-state index contributed by atoms with van der Waals surface area (Å²) in [4.78, 5) is 1.71. The second-order valence-corrected chi connectivity index (χ2v) is 6.17. The number of halogens is 3. The summed E-state index contributed by atoms with van der Waals surface area (Å²) in [6, 6.07) is 12.1. The number of nitrogens with zero attached hydrogens (tertiary/aromatic N) is 1. The van der Waals surface area contributed by atoms with Crippen molar-refractivity contribution in [2.75, 3.05) is 7.05 Å². The molecule has 0 bridgehead atoms. The van der Waals surface area contributed by atoms with Gasteiger partial charge in [-0.25, -0.2) is 8.78 Å². The monoisotopic (exact) mass is 373 g/mol. The predicted molar refractivity (Wildman–Crippen MR) is 93.4 cm³/mol. The number of allylic oxidation sites excluding steroid dienone is 3. The van der Waals surface area contributed by atoms with Gasteiger partial charge in [-0.05, 0) is 23.8 Å². The van der Waals surface area contributed by atoms with E-state index in [1.165, 1.54) is 12.1 Å². The van der Waals surface area contributed by atoms with Crippen LogP contribution in [-0.4, -0.2) is 11.9 Å². The molecule has 0 fully saturated rings. The maximum Gasteiger partial charge on any atom is 0.136 e. The van der Waals surface area contributed by atoms with E-state index in [-0.39, 0.29) is 5.56 Å². The van der Waals surface area contributed by atoms with Crippen molar-refractivity contribution in [2.24, 2.45) is 0 Å². The van der Waals surface area contributed by atoms with Crippen LogP contribution in [0.25, 0.3) is 11.3 Å². The molecule has 116 valence electrons. The molecule has 1 aliphatic heterocycles. The highest BCUT2D eigenvalue weighted by molar-refractivity contribution is 9.10. The Labute approximate surface area is 142 Å². The third-order valence-electron chi connectivity index (χ3n) is 3.79. The lowest BCUT2D eigenvalue weighted by Crippen LogP contribution is -2.20. The summed E-state index contributed by atoms with van der Waals surface area (Å²) < 4.78 is 29.4. The Kier molecular flexibility index (Phi) is 4.18. The first-order chi connectivity index (χ1) is 11.0. The Morgan fingerprint density at radius 3 is 2.22 bits per heavy atom. The summed E-state index contributed by atoms with van der Waals surface area (Å²) in [7, 11) is 1.75. The SMILES string of the molecule is C=C1C=CC(c2ccccc2)=C(c2c(F)cc(Br)cc2F)N1C. The van der Waals surface area contributed by atoms with Crippen LogP contribution in [0.5, 0.6) is 0 Å². The summed E-state index contributed by atoms with van der Waals surface area (Å²) in [5.41, 5.74) is 2.72. The van der Waals surface area contributed by atoms with Gasteiger partial charge in [0, 0.05) is 22.8 Å². The molecule has 0 radical (unpaired) electrons. The fraction of sp³-hybridized carbons (Fsp3) is 0.0526. The van der Waals surface area contributed by atoms with Crippen LogP contribution in [0.1, 0.15) is 11.1 Å². The summed E-state index contributed by atoms with van der Waals surface area (Å²) in [6.07, 6.45) is 3.68. The largest absolute Gasteiger partial charge is 0.344 e. The van der Waals surface area contributed by atoms with Crippen LogP contribution >= 0.6 is 15.9 Å². The topological polar surface area (TPSA) is 3.24 Å². The van der Waals surface area contributed by atoms with E-state index in [4.69, 9.17) is 0 Å². The predicted octanol–water partition coefficient (Wildman–Crippen LogP) is 5.61. The van der Waals surface area contributed by atoms with Gasteiger partial charge in [-0.2, -0.15) is 0 Å². The van der Waals surface area contributed by atoms with E-state index in [1.54, 1.807) is 11.9 Å². The zero-order valence-corrected chi connectivity index (χ0v) is 14.1. The van der Waals surface area contributed by atoms with Gasteiger partial charge in [0.05, 0.1) is 11.3 Å². The van der Waals surface area contributed by atoms with Crippen LogP contribution in [-0.2, 0) is 0 Å². The van der Waals surface area contributed by atoms with Crippen LogP contribution in [0, 0.1) is 11.6 Å². The molecule has 1 heterocycles. The van der Waals surface area contributed by atoms with Crippen molar-refractivity contribution < 1.29 is 8.78 Å². The molecule has 0 spiro atoms. The molecule has 1 aliphatic rings. The number of benzene rings is 2. The number of rotatable bonds is 2. The Morgan fingerprint density at radius 2 is 1.61 bits per heavy atom. The van der Waals surface area contributed by atoms with Crippen LogP contribution in [0.2, 0.25) is 0 Å². The first-order valence-electron chi connectivity index (χ1n) is 7.04. The second-order valence-electron chi connectivity index (χ2n) is 5.26. The van der Waals surface area contributed by atoms with Gasteiger partial charge in [0.25, 0.3) is 0 Å². The quantitative estimate of drug-likeness (QED) is 0.660. The zero-order chi connectivity index (χ0) is 16.6. The Morgan fingerprint density at radius 1 is 1.00 bits per heavy atom. The summed E-state index contributed by atoms with van der Waals surface area (Å²) in [6.45, 7) is 3.93. The van der Waals surface area contributed by atoms with Crippen LogP contribution < -0.4 is 0 Å². The zero-order valence-electron chi connectivity index (χ0n) is 12.5. The first kappa shape index (κ1) is 15.7. The molecule has 0 atom stereocenters. The van der Waals surface area contributed by atoms with Crippen molar-refractivity contribution in [3.63, 3.8) is 0 Å². The average Bonchev–Trinajstić information content (AvgIpc) is 2.51. The minimum absolute atomic E-state index is 0.0555. The Bertz CT molecular complexity index is 815. The van der Waals surface area contributed by atoms with E-state index < -0.39 is 11.6 Å². The molecule has 0 aromatic heterocycles. The van der Waals surface area contributed by atoms with Crippen LogP contribution in [0.15, 0.2) is 71.4 Å². The minimum atomic E-state index is -0.616. The number of hydrogen-bond donors (Lipinski definition) is 0.